The highest BCUT2D eigenvalue weighted by molar-refractivity contribution is 6.31. The first-order chi connectivity index (χ1) is 8.75. The molecule has 0 saturated carbocycles. The zero-order valence-corrected chi connectivity index (χ0v) is 11.7. The lowest BCUT2D eigenvalue weighted by Gasteiger charge is -2.29. The number of rotatable bonds is 5. The second-order valence-corrected chi connectivity index (χ2v) is 5.40. The van der Waals surface area contributed by atoms with Gasteiger partial charge in [-0.25, -0.2) is 9.97 Å². The molecule has 0 aromatic carbocycles. The Labute approximate surface area is 114 Å². The van der Waals surface area contributed by atoms with Crippen LogP contribution in [-0.4, -0.2) is 41.0 Å². The average molecular weight is 269 g/mol. The molecule has 2 rings (SSSR count). The SMILES string of the molecule is CC(CNc1nccnc1Cl)CN1CCCCC1. The van der Waals surface area contributed by atoms with Gasteiger partial charge in [0.25, 0.3) is 0 Å². The van der Waals surface area contributed by atoms with Crippen LogP contribution in [0.25, 0.3) is 0 Å². The Hall–Kier alpha value is -0.870. The van der Waals surface area contributed by atoms with Gasteiger partial charge in [0.15, 0.2) is 11.0 Å². The van der Waals surface area contributed by atoms with Crippen LogP contribution < -0.4 is 5.32 Å². The van der Waals surface area contributed by atoms with E-state index < -0.39 is 0 Å². The minimum absolute atomic E-state index is 0.447. The van der Waals surface area contributed by atoms with Gasteiger partial charge in [-0.2, -0.15) is 0 Å². The average Bonchev–Trinajstić information content (AvgIpc) is 2.39. The van der Waals surface area contributed by atoms with Gasteiger partial charge in [-0.15, -0.1) is 0 Å². The zero-order valence-electron chi connectivity index (χ0n) is 10.9. The van der Waals surface area contributed by atoms with E-state index in [1.165, 1.54) is 32.4 Å². The molecule has 5 heteroatoms. The van der Waals surface area contributed by atoms with Gasteiger partial charge in [-0.3, -0.25) is 0 Å². The van der Waals surface area contributed by atoms with Gasteiger partial charge < -0.3 is 10.2 Å². The summed E-state index contributed by atoms with van der Waals surface area (Å²) < 4.78 is 0. The molecule has 0 aliphatic carbocycles. The van der Waals surface area contributed by atoms with Crippen molar-refractivity contribution in [3.8, 4) is 0 Å². The fourth-order valence-corrected chi connectivity index (χ4v) is 2.53. The summed E-state index contributed by atoms with van der Waals surface area (Å²) in [5.74, 6) is 1.27. The van der Waals surface area contributed by atoms with E-state index >= 15 is 0 Å². The zero-order chi connectivity index (χ0) is 12.8. The van der Waals surface area contributed by atoms with E-state index in [1.54, 1.807) is 12.4 Å². The Morgan fingerprint density at radius 3 is 2.72 bits per heavy atom. The number of halogens is 1. The van der Waals surface area contributed by atoms with Crippen LogP contribution in [0.2, 0.25) is 5.15 Å². The van der Waals surface area contributed by atoms with Crippen LogP contribution in [0.3, 0.4) is 0 Å². The molecule has 0 amide bonds. The van der Waals surface area contributed by atoms with E-state index in [1.807, 2.05) is 0 Å². The van der Waals surface area contributed by atoms with Crippen LogP contribution in [0, 0.1) is 5.92 Å². The van der Waals surface area contributed by atoms with Crippen molar-refractivity contribution in [1.29, 1.82) is 0 Å². The van der Waals surface area contributed by atoms with Crippen LogP contribution in [0.5, 0.6) is 0 Å². The largest absolute Gasteiger partial charge is 0.367 e. The maximum atomic E-state index is 5.95. The number of anilines is 1. The number of nitrogens with one attached hydrogen (secondary N) is 1. The second kappa shape index (κ2) is 6.90. The smallest absolute Gasteiger partial charge is 0.171 e. The number of aromatic nitrogens is 2. The second-order valence-electron chi connectivity index (χ2n) is 5.04. The number of likely N-dealkylation sites (tertiary alicyclic amines) is 1. The summed E-state index contributed by atoms with van der Waals surface area (Å²) in [6.07, 6.45) is 7.33. The lowest BCUT2D eigenvalue weighted by molar-refractivity contribution is 0.204. The molecule has 1 unspecified atom stereocenters. The summed E-state index contributed by atoms with van der Waals surface area (Å²) in [6, 6.07) is 0. The van der Waals surface area contributed by atoms with Crippen LogP contribution in [0.4, 0.5) is 5.82 Å². The first kappa shape index (κ1) is 13.6. The molecule has 2 heterocycles. The molecule has 100 valence electrons. The van der Waals surface area contributed by atoms with Crippen molar-refractivity contribution in [2.45, 2.75) is 26.2 Å². The molecule has 1 aliphatic heterocycles. The van der Waals surface area contributed by atoms with Gasteiger partial charge in [-0.05, 0) is 31.8 Å². The third-order valence-corrected chi connectivity index (χ3v) is 3.57. The first-order valence-electron chi connectivity index (χ1n) is 6.68. The summed E-state index contributed by atoms with van der Waals surface area (Å²) in [5.41, 5.74) is 0. The van der Waals surface area contributed by atoms with Gasteiger partial charge in [0, 0.05) is 25.5 Å². The monoisotopic (exact) mass is 268 g/mol. The highest BCUT2D eigenvalue weighted by Gasteiger charge is 2.13. The molecule has 1 N–H and O–H groups in total. The number of nitrogens with zero attached hydrogens (tertiary/aromatic N) is 3. The highest BCUT2D eigenvalue weighted by atomic mass is 35.5. The fourth-order valence-electron chi connectivity index (χ4n) is 2.36. The van der Waals surface area contributed by atoms with Gasteiger partial charge in [0.1, 0.15) is 0 Å². The number of hydrogen-bond acceptors (Lipinski definition) is 4. The predicted octanol–water partition coefficient (Wildman–Crippen LogP) is 2.66. The van der Waals surface area contributed by atoms with Crippen LogP contribution in [-0.2, 0) is 0 Å². The van der Waals surface area contributed by atoms with Crippen molar-refractivity contribution in [1.82, 2.24) is 14.9 Å². The van der Waals surface area contributed by atoms with Crippen LogP contribution in [0.1, 0.15) is 26.2 Å². The summed E-state index contributed by atoms with van der Waals surface area (Å²) in [4.78, 5) is 10.7. The molecule has 1 aromatic rings. The Morgan fingerprint density at radius 1 is 1.28 bits per heavy atom. The van der Waals surface area contributed by atoms with Gasteiger partial charge in [-0.1, -0.05) is 24.9 Å². The molecule has 4 nitrogen and oxygen atoms in total. The Morgan fingerprint density at radius 2 is 2.00 bits per heavy atom. The minimum atomic E-state index is 0.447. The predicted molar refractivity (Wildman–Crippen MR) is 75.0 cm³/mol. The Balaban J connectivity index is 1.74. The van der Waals surface area contributed by atoms with Crippen molar-refractivity contribution in [2.24, 2.45) is 5.92 Å². The van der Waals surface area contributed by atoms with Crippen molar-refractivity contribution >= 4 is 17.4 Å². The molecule has 1 atom stereocenters. The van der Waals surface area contributed by atoms with E-state index in [-0.39, 0.29) is 0 Å². The maximum Gasteiger partial charge on any atom is 0.171 e. The van der Waals surface area contributed by atoms with E-state index in [4.69, 9.17) is 11.6 Å². The van der Waals surface area contributed by atoms with Gasteiger partial charge in [0.05, 0.1) is 0 Å². The van der Waals surface area contributed by atoms with E-state index in [0.717, 1.165) is 13.1 Å². The van der Waals surface area contributed by atoms with Crippen LogP contribution in [0.15, 0.2) is 12.4 Å². The van der Waals surface area contributed by atoms with Crippen LogP contribution >= 0.6 is 11.6 Å². The Kier molecular flexibility index (Phi) is 5.20. The topological polar surface area (TPSA) is 41.1 Å². The minimum Gasteiger partial charge on any atom is -0.367 e. The summed E-state index contributed by atoms with van der Waals surface area (Å²) in [7, 11) is 0. The fraction of sp³-hybridized carbons (Fsp3) is 0.692. The lowest BCUT2D eigenvalue weighted by atomic mass is 10.1. The molecule has 1 aliphatic rings. The standard InChI is InChI=1S/C13H21ClN4/c1-11(10-18-7-3-2-4-8-18)9-17-13-12(14)15-5-6-16-13/h5-6,11H,2-4,7-10H2,1H3,(H,16,17). The summed E-state index contributed by atoms with van der Waals surface area (Å²) >= 11 is 5.95. The summed E-state index contributed by atoms with van der Waals surface area (Å²) in [5, 5.41) is 3.72. The van der Waals surface area contributed by atoms with Gasteiger partial charge >= 0.3 is 0 Å². The molecular formula is C13H21ClN4. The molecule has 1 aromatic heterocycles. The van der Waals surface area contributed by atoms with Crippen molar-refractivity contribution < 1.29 is 0 Å². The molecule has 1 saturated heterocycles. The molecule has 0 spiro atoms. The van der Waals surface area contributed by atoms with E-state index in [0.29, 0.717) is 16.9 Å². The maximum absolute atomic E-state index is 5.95. The van der Waals surface area contributed by atoms with Crippen molar-refractivity contribution in [2.75, 3.05) is 31.5 Å². The van der Waals surface area contributed by atoms with Crippen molar-refractivity contribution in [3.05, 3.63) is 17.5 Å². The molecule has 1 fully saturated rings. The highest BCUT2D eigenvalue weighted by Crippen LogP contribution is 2.15. The molecule has 0 radical (unpaired) electrons. The summed E-state index contributed by atoms with van der Waals surface area (Å²) in [6.45, 7) is 6.78. The van der Waals surface area contributed by atoms with E-state index in [2.05, 4.69) is 27.1 Å². The van der Waals surface area contributed by atoms with Gasteiger partial charge in [0.2, 0.25) is 0 Å². The molecule has 18 heavy (non-hydrogen) atoms. The quantitative estimate of drug-likeness (QED) is 0.891. The number of hydrogen-bond donors (Lipinski definition) is 1. The number of piperidine rings is 1. The first-order valence-corrected chi connectivity index (χ1v) is 7.06. The normalized spacial score (nSPS) is 18.6. The third-order valence-electron chi connectivity index (χ3n) is 3.29. The van der Waals surface area contributed by atoms with Crippen molar-refractivity contribution in [3.63, 3.8) is 0 Å². The lowest BCUT2D eigenvalue weighted by Crippen LogP contribution is -2.35. The Bertz CT molecular complexity index is 366. The molecule has 0 bridgehead atoms. The third kappa shape index (κ3) is 4.10. The van der Waals surface area contributed by atoms with E-state index in [9.17, 15) is 0 Å². The molecular weight excluding hydrogens is 248 g/mol.